The molecular weight excluding hydrogens is 661 g/mol. The van der Waals surface area contributed by atoms with Gasteiger partial charge < -0.3 is 25.8 Å². The van der Waals surface area contributed by atoms with Crippen LogP contribution in [0, 0.1) is 18.7 Å². The third-order valence-corrected chi connectivity index (χ3v) is 9.78. The largest absolute Gasteiger partial charge is 0.475 e. The highest BCUT2D eigenvalue weighted by Gasteiger charge is 2.45. The third kappa shape index (κ3) is 5.34. The van der Waals surface area contributed by atoms with Crippen LogP contribution >= 0.6 is 11.6 Å². The van der Waals surface area contributed by atoms with Gasteiger partial charge in [-0.15, -0.1) is 0 Å². The number of hydrogen-bond donors (Lipinski definition) is 2. The molecule has 0 aliphatic carbocycles. The molecule has 0 amide bonds. The first-order valence-corrected chi connectivity index (χ1v) is 15.8. The number of halogens is 6. The zero-order chi connectivity index (χ0) is 34.1. The van der Waals surface area contributed by atoms with Crippen molar-refractivity contribution >= 4 is 39.8 Å². The number of nitrogen functional groups attached to an aromatic ring is 2. The van der Waals surface area contributed by atoms with Gasteiger partial charge in [0.05, 0.1) is 35.5 Å². The number of nitrogens with two attached hydrogens (primary N) is 2. The van der Waals surface area contributed by atoms with Gasteiger partial charge in [-0.05, 0) is 44.9 Å². The minimum absolute atomic E-state index is 0.0135. The van der Waals surface area contributed by atoms with Crippen LogP contribution in [0.3, 0.4) is 0 Å². The molecule has 6 heterocycles. The van der Waals surface area contributed by atoms with E-state index >= 15 is 8.78 Å². The standard InChI is InChI=1S/C31H31ClF5N9O2/c1-13-10-17(38)22(32)19(21(13)31(35,36)37)25-23(34)26-20-28(44-30(43-26)48-12-15-16(33)11-45-7-3-4-18(15)45)46(8-9-47-29(20)42-25)14(2)24-27(39)41-6-5-40-24/h5-6,10,14-16,18H,3-4,7-9,11-12,38H2,1-2H3,(H2,39,41)/t14-,15-,16+,18?/m1/s1. The summed E-state index contributed by atoms with van der Waals surface area (Å²) in [6.07, 6.45) is -1.42. The van der Waals surface area contributed by atoms with Gasteiger partial charge in [0.15, 0.2) is 5.82 Å². The molecule has 0 radical (unpaired) electrons. The molecule has 3 aliphatic heterocycles. The van der Waals surface area contributed by atoms with E-state index in [2.05, 4.69) is 29.8 Å². The molecule has 4 atom stereocenters. The summed E-state index contributed by atoms with van der Waals surface area (Å²) in [6.45, 7) is 4.08. The van der Waals surface area contributed by atoms with Crippen molar-refractivity contribution in [2.24, 2.45) is 5.92 Å². The Morgan fingerprint density at radius 1 is 1.15 bits per heavy atom. The average Bonchev–Trinajstić information content (AvgIpc) is 3.54. The summed E-state index contributed by atoms with van der Waals surface area (Å²) in [5.74, 6) is -1.67. The fourth-order valence-corrected chi connectivity index (χ4v) is 7.39. The second kappa shape index (κ2) is 12.0. The molecule has 11 nitrogen and oxygen atoms in total. The number of fused-ring (bicyclic) bond motifs is 1. The van der Waals surface area contributed by atoms with Crippen molar-refractivity contribution in [2.45, 2.75) is 51.1 Å². The van der Waals surface area contributed by atoms with Crippen LogP contribution in [-0.4, -0.2) is 74.9 Å². The monoisotopic (exact) mass is 691 g/mol. The molecule has 4 aromatic rings. The summed E-state index contributed by atoms with van der Waals surface area (Å²) in [5.41, 5.74) is 8.87. The molecule has 7 rings (SSSR count). The van der Waals surface area contributed by atoms with Gasteiger partial charge in [-0.3, -0.25) is 9.88 Å². The van der Waals surface area contributed by atoms with E-state index < -0.39 is 57.5 Å². The summed E-state index contributed by atoms with van der Waals surface area (Å²) >= 11 is 6.36. The van der Waals surface area contributed by atoms with Crippen molar-refractivity contribution in [1.29, 1.82) is 0 Å². The molecule has 4 N–H and O–H groups in total. The number of nitrogens with zero attached hydrogens (tertiary/aromatic N) is 7. The number of aromatic nitrogens is 5. The lowest BCUT2D eigenvalue weighted by atomic mass is 9.96. The molecule has 3 aliphatic rings. The van der Waals surface area contributed by atoms with Crippen LogP contribution < -0.4 is 25.8 Å². The Morgan fingerprint density at radius 2 is 1.92 bits per heavy atom. The van der Waals surface area contributed by atoms with Gasteiger partial charge in [0.25, 0.3) is 0 Å². The number of rotatable bonds is 6. The van der Waals surface area contributed by atoms with Gasteiger partial charge in [-0.1, -0.05) is 11.6 Å². The Balaban J connectivity index is 1.43. The van der Waals surface area contributed by atoms with Crippen LogP contribution in [0.4, 0.5) is 39.3 Å². The molecule has 3 aromatic heterocycles. The van der Waals surface area contributed by atoms with Crippen LogP contribution in [0.2, 0.25) is 5.02 Å². The van der Waals surface area contributed by atoms with Crippen molar-refractivity contribution in [2.75, 3.05) is 49.2 Å². The van der Waals surface area contributed by atoms with Gasteiger partial charge in [0.2, 0.25) is 5.88 Å². The van der Waals surface area contributed by atoms with E-state index in [0.717, 1.165) is 25.5 Å². The van der Waals surface area contributed by atoms with Crippen molar-refractivity contribution in [3.8, 4) is 23.1 Å². The maximum Gasteiger partial charge on any atom is 0.417 e. The molecule has 48 heavy (non-hydrogen) atoms. The van der Waals surface area contributed by atoms with Crippen molar-refractivity contribution < 1.29 is 31.4 Å². The molecule has 2 saturated heterocycles. The molecule has 1 unspecified atom stereocenters. The van der Waals surface area contributed by atoms with Crippen LogP contribution in [0.15, 0.2) is 18.5 Å². The first kappa shape index (κ1) is 32.2. The highest BCUT2D eigenvalue weighted by molar-refractivity contribution is 6.36. The highest BCUT2D eigenvalue weighted by Crippen LogP contribution is 2.48. The molecule has 0 saturated carbocycles. The Morgan fingerprint density at radius 3 is 2.67 bits per heavy atom. The molecule has 1 aromatic carbocycles. The number of benzene rings is 1. The maximum atomic E-state index is 16.8. The Bertz CT molecular complexity index is 1920. The number of alkyl halides is 4. The minimum atomic E-state index is -4.94. The molecule has 2 fully saturated rings. The average molecular weight is 692 g/mol. The minimum Gasteiger partial charge on any atom is -0.475 e. The number of ether oxygens (including phenoxy) is 2. The van der Waals surface area contributed by atoms with Crippen LogP contribution in [-0.2, 0) is 6.18 Å². The zero-order valence-corrected chi connectivity index (χ0v) is 26.6. The normalized spacial score (nSPS) is 21.7. The molecule has 0 spiro atoms. The number of aryl methyl sites for hydroxylation is 1. The quantitative estimate of drug-likeness (QED) is 0.195. The summed E-state index contributed by atoms with van der Waals surface area (Å²) in [4.78, 5) is 25.5. The van der Waals surface area contributed by atoms with E-state index in [1.165, 1.54) is 19.3 Å². The Labute approximate surface area is 276 Å². The zero-order valence-electron chi connectivity index (χ0n) is 25.9. The first-order chi connectivity index (χ1) is 22.8. The number of anilines is 3. The van der Waals surface area contributed by atoms with Crippen LogP contribution in [0.1, 0.15) is 42.6 Å². The molecular formula is C31H31ClF5N9O2. The van der Waals surface area contributed by atoms with Gasteiger partial charge in [-0.25, -0.2) is 18.7 Å². The van der Waals surface area contributed by atoms with E-state index in [1.54, 1.807) is 11.8 Å². The number of hydrogen-bond acceptors (Lipinski definition) is 11. The smallest absolute Gasteiger partial charge is 0.417 e. The van der Waals surface area contributed by atoms with Crippen molar-refractivity contribution in [3.05, 3.63) is 46.1 Å². The second-order valence-electron chi connectivity index (χ2n) is 12.2. The molecule has 0 bridgehead atoms. The molecule has 17 heteroatoms. The van der Waals surface area contributed by atoms with E-state index in [-0.39, 0.29) is 66.0 Å². The summed E-state index contributed by atoms with van der Waals surface area (Å²) < 4.78 is 87.2. The first-order valence-electron chi connectivity index (χ1n) is 15.4. The van der Waals surface area contributed by atoms with Crippen molar-refractivity contribution in [3.63, 3.8) is 0 Å². The van der Waals surface area contributed by atoms with E-state index in [0.29, 0.717) is 12.2 Å². The lowest BCUT2D eigenvalue weighted by Crippen LogP contribution is -2.32. The topological polar surface area (TPSA) is 141 Å². The van der Waals surface area contributed by atoms with Crippen LogP contribution in [0.25, 0.3) is 22.2 Å². The molecule has 254 valence electrons. The van der Waals surface area contributed by atoms with Crippen molar-refractivity contribution in [1.82, 2.24) is 29.8 Å². The highest BCUT2D eigenvalue weighted by atomic mass is 35.5. The van der Waals surface area contributed by atoms with E-state index in [4.69, 9.17) is 32.5 Å². The van der Waals surface area contributed by atoms with Gasteiger partial charge in [0.1, 0.15) is 46.7 Å². The third-order valence-electron chi connectivity index (χ3n) is 9.37. The SMILES string of the molecule is Cc1cc(N)c(Cl)c(-c2nc3c4c(nc(OC[C@H]5C6CCCN6C[C@@H]5F)nc4c2F)N([C@H](C)c2nccnc2N)CCO3)c1C(F)(F)F. The van der Waals surface area contributed by atoms with Crippen LogP contribution in [0.5, 0.6) is 11.9 Å². The second-order valence-corrected chi connectivity index (χ2v) is 12.6. The maximum absolute atomic E-state index is 16.8. The summed E-state index contributed by atoms with van der Waals surface area (Å²) in [6, 6.07) is 0.151. The summed E-state index contributed by atoms with van der Waals surface area (Å²) in [7, 11) is 0. The van der Waals surface area contributed by atoms with Gasteiger partial charge >= 0.3 is 12.2 Å². The fourth-order valence-electron chi connectivity index (χ4n) is 7.16. The predicted molar refractivity (Wildman–Crippen MR) is 168 cm³/mol. The van der Waals surface area contributed by atoms with Gasteiger partial charge in [0, 0.05) is 36.5 Å². The predicted octanol–water partition coefficient (Wildman–Crippen LogP) is 5.54. The Hall–Kier alpha value is -4.31. The fraction of sp³-hybridized carbons (Fsp3) is 0.452. The van der Waals surface area contributed by atoms with E-state index in [9.17, 15) is 13.2 Å². The lowest BCUT2D eigenvalue weighted by Gasteiger charge is -2.29. The lowest BCUT2D eigenvalue weighted by molar-refractivity contribution is -0.137. The van der Waals surface area contributed by atoms with Gasteiger partial charge in [-0.2, -0.15) is 23.1 Å². The Kier molecular flexibility index (Phi) is 8.05. The summed E-state index contributed by atoms with van der Waals surface area (Å²) in [5, 5.41) is -0.554. The van der Waals surface area contributed by atoms with E-state index in [1.807, 2.05) is 0 Å². The number of pyridine rings is 1.